The second kappa shape index (κ2) is 5.00. The molecule has 2 nitrogen and oxygen atoms in total. The second-order valence-electron chi connectivity index (χ2n) is 2.58. The van der Waals surface area contributed by atoms with E-state index in [2.05, 4.69) is 16.1 Å². The fraction of sp³-hybridized carbons (Fsp3) is 0.714. The number of hydrogen-bond donors (Lipinski definition) is 0. The molecule has 0 heterocycles. The Morgan fingerprint density at radius 1 is 1.00 bits per heavy atom. The van der Waals surface area contributed by atoms with Crippen molar-refractivity contribution in [3.8, 4) is 0 Å². The fourth-order valence-electron chi connectivity index (χ4n) is 0.626. The van der Waals surface area contributed by atoms with E-state index in [-0.39, 0.29) is 0 Å². The topological polar surface area (TPSA) is 18.5 Å². The molecule has 0 fully saturated rings. The average molecular weight is 256 g/mol. The van der Waals surface area contributed by atoms with Gasteiger partial charge in [-0.15, -0.1) is 19.8 Å². The maximum atomic E-state index is 12.9. The van der Waals surface area contributed by atoms with E-state index in [0.29, 0.717) is 0 Å². The third-order valence-corrected chi connectivity index (χ3v) is 1.22. The Balaban J connectivity index is 4.69. The molecule has 0 aromatic carbocycles. The van der Waals surface area contributed by atoms with E-state index in [1.165, 1.54) is 0 Å². The smallest absolute Gasteiger partial charge is 0.371 e. The monoisotopic (exact) mass is 256 g/mol. The minimum absolute atomic E-state index is 0.539. The third kappa shape index (κ3) is 4.79. The van der Waals surface area contributed by atoms with E-state index in [1.54, 1.807) is 0 Å². The molecule has 0 aliphatic carbocycles. The Bertz CT molecular complexity index is 234. The lowest BCUT2D eigenvalue weighted by molar-refractivity contribution is -0.453. The van der Waals surface area contributed by atoms with Crippen molar-refractivity contribution in [2.75, 3.05) is 13.2 Å². The van der Waals surface area contributed by atoms with Gasteiger partial charge in [0, 0.05) is 0 Å². The van der Waals surface area contributed by atoms with Crippen LogP contribution in [0.4, 0.5) is 30.7 Å². The molecule has 0 amide bonds. The lowest BCUT2D eigenvalue weighted by atomic mass is 10.3. The van der Waals surface area contributed by atoms with Crippen LogP contribution in [-0.2, 0) is 9.47 Å². The molecule has 0 spiro atoms. The van der Waals surface area contributed by atoms with Crippen LogP contribution in [0.5, 0.6) is 0 Å². The van der Waals surface area contributed by atoms with Crippen LogP contribution >= 0.6 is 0 Å². The quantitative estimate of drug-likeness (QED) is 0.427. The van der Waals surface area contributed by atoms with Crippen molar-refractivity contribution in [1.82, 2.24) is 0 Å². The molecule has 96 valence electrons. The maximum absolute atomic E-state index is 12.9. The zero-order chi connectivity index (χ0) is 13.0. The van der Waals surface area contributed by atoms with Crippen LogP contribution in [0.1, 0.15) is 0 Å². The summed E-state index contributed by atoms with van der Waals surface area (Å²) in [5.74, 6) is -4.92. The van der Waals surface area contributed by atoms with Gasteiger partial charge in [0.05, 0.1) is 6.61 Å². The molecule has 0 aromatic heterocycles. The van der Waals surface area contributed by atoms with Gasteiger partial charge in [0.1, 0.15) is 6.61 Å². The van der Waals surface area contributed by atoms with Gasteiger partial charge in [-0.3, -0.25) is 0 Å². The van der Waals surface area contributed by atoms with Crippen molar-refractivity contribution in [3.63, 3.8) is 0 Å². The predicted octanol–water partition coefficient (Wildman–Crippen LogP) is 2.95. The van der Waals surface area contributed by atoms with Crippen LogP contribution in [0.15, 0.2) is 12.7 Å². The van der Waals surface area contributed by atoms with Gasteiger partial charge in [-0.25, -0.2) is 4.74 Å². The van der Waals surface area contributed by atoms with Crippen molar-refractivity contribution in [2.45, 2.75) is 18.4 Å². The molecule has 9 heteroatoms. The fourth-order valence-corrected chi connectivity index (χ4v) is 0.626. The first-order valence-corrected chi connectivity index (χ1v) is 3.73. The molecule has 0 rings (SSSR count). The van der Waals surface area contributed by atoms with Crippen molar-refractivity contribution in [3.05, 3.63) is 12.7 Å². The Morgan fingerprint density at radius 3 is 1.81 bits per heavy atom. The van der Waals surface area contributed by atoms with E-state index >= 15 is 0 Å². The first kappa shape index (κ1) is 15.2. The standard InChI is InChI=1S/C7H7F7O2/c1-2-3-15-4-5(8,6(9,10)11)16-7(12,13)14/h2H,1,3-4H2. The molecule has 0 aliphatic rings. The summed E-state index contributed by atoms with van der Waals surface area (Å²) in [5, 5.41) is 0. The van der Waals surface area contributed by atoms with Gasteiger partial charge in [-0.1, -0.05) is 6.08 Å². The number of alkyl halides is 7. The number of ether oxygens (including phenoxy) is 2. The van der Waals surface area contributed by atoms with Crippen LogP contribution in [0.25, 0.3) is 0 Å². The predicted molar refractivity (Wildman–Crippen MR) is 38.1 cm³/mol. The zero-order valence-electron chi connectivity index (χ0n) is 7.66. The zero-order valence-corrected chi connectivity index (χ0v) is 7.66. The van der Waals surface area contributed by atoms with E-state index in [9.17, 15) is 30.7 Å². The highest BCUT2D eigenvalue weighted by atomic mass is 19.4. The molecule has 0 N–H and O–H groups in total. The Hall–Kier alpha value is -0.830. The number of hydrogen-bond acceptors (Lipinski definition) is 2. The van der Waals surface area contributed by atoms with Gasteiger partial charge in [0.25, 0.3) is 0 Å². The molecule has 16 heavy (non-hydrogen) atoms. The van der Waals surface area contributed by atoms with Gasteiger partial charge in [0.15, 0.2) is 0 Å². The third-order valence-electron chi connectivity index (χ3n) is 1.22. The Labute approximate surface area is 85.6 Å². The molecule has 0 aliphatic heterocycles. The van der Waals surface area contributed by atoms with E-state index in [1.807, 2.05) is 0 Å². The van der Waals surface area contributed by atoms with Gasteiger partial charge >= 0.3 is 18.4 Å². The van der Waals surface area contributed by atoms with Gasteiger partial charge in [-0.2, -0.15) is 17.6 Å². The molecule has 0 radical (unpaired) electrons. The normalized spacial score (nSPS) is 16.9. The second-order valence-corrected chi connectivity index (χ2v) is 2.58. The molecular formula is C7H7F7O2. The Kier molecular flexibility index (Phi) is 4.74. The van der Waals surface area contributed by atoms with Crippen molar-refractivity contribution in [1.29, 1.82) is 0 Å². The molecule has 0 bridgehead atoms. The van der Waals surface area contributed by atoms with E-state index in [4.69, 9.17) is 0 Å². The summed E-state index contributed by atoms with van der Waals surface area (Å²) in [6.45, 7) is 0.558. The summed E-state index contributed by atoms with van der Waals surface area (Å²) in [4.78, 5) is 0. The van der Waals surface area contributed by atoms with Crippen LogP contribution in [0.2, 0.25) is 0 Å². The van der Waals surface area contributed by atoms with Crippen LogP contribution < -0.4 is 0 Å². The van der Waals surface area contributed by atoms with Crippen LogP contribution in [0.3, 0.4) is 0 Å². The summed E-state index contributed by atoms with van der Waals surface area (Å²) in [5.41, 5.74) is 0. The van der Waals surface area contributed by atoms with E-state index in [0.717, 1.165) is 6.08 Å². The first-order chi connectivity index (χ1) is 7.02. The first-order valence-electron chi connectivity index (χ1n) is 3.73. The summed E-state index contributed by atoms with van der Waals surface area (Å²) in [6.07, 6.45) is -10.7. The van der Waals surface area contributed by atoms with E-state index < -0.39 is 31.6 Å². The minimum atomic E-state index is -5.86. The molecule has 0 saturated carbocycles. The highest BCUT2D eigenvalue weighted by Gasteiger charge is 2.62. The molecular weight excluding hydrogens is 249 g/mol. The highest BCUT2D eigenvalue weighted by molar-refractivity contribution is 4.78. The van der Waals surface area contributed by atoms with Crippen LogP contribution in [0, 0.1) is 0 Å². The molecule has 0 saturated heterocycles. The summed E-state index contributed by atoms with van der Waals surface area (Å²) in [7, 11) is 0. The maximum Gasteiger partial charge on any atom is 0.525 e. The lowest BCUT2D eigenvalue weighted by Crippen LogP contribution is -2.50. The SMILES string of the molecule is C=CCOCC(F)(OC(F)(F)F)C(F)(F)F. The summed E-state index contributed by atoms with van der Waals surface area (Å²) >= 11 is 0. The van der Waals surface area contributed by atoms with Crippen LogP contribution in [-0.4, -0.2) is 31.6 Å². The van der Waals surface area contributed by atoms with Crippen molar-refractivity contribution >= 4 is 0 Å². The summed E-state index contributed by atoms with van der Waals surface area (Å²) in [6, 6.07) is 0. The van der Waals surface area contributed by atoms with Crippen molar-refractivity contribution in [2.24, 2.45) is 0 Å². The number of rotatable bonds is 5. The molecule has 1 unspecified atom stereocenters. The number of halogens is 7. The largest absolute Gasteiger partial charge is 0.525 e. The summed E-state index contributed by atoms with van der Waals surface area (Å²) < 4.78 is 89.8. The molecule has 1 atom stereocenters. The Morgan fingerprint density at radius 2 is 1.50 bits per heavy atom. The average Bonchev–Trinajstić information content (AvgIpc) is 1.99. The van der Waals surface area contributed by atoms with Gasteiger partial charge in [-0.05, 0) is 0 Å². The van der Waals surface area contributed by atoms with Gasteiger partial charge in [0.2, 0.25) is 0 Å². The molecule has 0 aromatic rings. The van der Waals surface area contributed by atoms with Gasteiger partial charge < -0.3 is 4.74 Å². The van der Waals surface area contributed by atoms with Crippen molar-refractivity contribution < 1.29 is 40.2 Å². The highest BCUT2D eigenvalue weighted by Crippen LogP contribution is 2.39. The lowest BCUT2D eigenvalue weighted by Gasteiger charge is -2.27. The minimum Gasteiger partial charge on any atom is -0.371 e.